The van der Waals surface area contributed by atoms with Crippen LogP contribution in [0.5, 0.6) is 0 Å². The van der Waals surface area contributed by atoms with Crippen LogP contribution in [0.3, 0.4) is 0 Å². The van der Waals surface area contributed by atoms with Crippen molar-refractivity contribution in [2.75, 3.05) is 19.8 Å². The quantitative estimate of drug-likeness (QED) is 0.306. The van der Waals surface area contributed by atoms with E-state index in [0.29, 0.717) is 12.0 Å². The van der Waals surface area contributed by atoms with Gasteiger partial charge in [0, 0.05) is 0 Å². The minimum absolute atomic E-state index is 0.0226. The molecule has 0 aliphatic carbocycles. The number of aliphatic carboxylic acids is 1. The Bertz CT molecular complexity index is 447. The number of aliphatic hydroxyl groups is 1. The van der Waals surface area contributed by atoms with E-state index in [0.717, 1.165) is 0 Å². The van der Waals surface area contributed by atoms with E-state index in [9.17, 15) is 19.8 Å². The number of hydrogen-bond donors (Lipinski definition) is 3. The summed E-state index contributed by atoms with van der Waals surface area (Å²) in [4.78, 5) is 28.8. The van der Waals surface area contributed by atoms with Crippen LogP contribution < -0.4 is 5.90 Å². The largest absolute Gasteiger partial charge is 0.477 e. The van der Waals surface area contributed by atoms with Crippen LogP contribution in [-0.2, 0) is 19.2 Å². The summed E-state index contributed by atoms with van der Waals surface area (Å²) in [5.41, 5.74) is 0.529. The van der Waals surface area contributed by atoms with Crippen molar-refractivity contribution in [3.8, 4) is 0 Å². The lowest BCUT2D eigenvalue weighted by Crippen LogP contribution is -2.61. The van der Waals surface area contributed by atoms with Crippen LogP contribution in [0.1, 0.15) is 13.3 Å². The van der Waals surface area contributed by atoms with Gasteiger partial charge in [-0.2, -0.15) is 0 Å². The Balaban J connectivity index is 2.07. The van der Waals surface area contributed by atoms with Crippen molar-refractivity contribution < 1.29 is 29.4 Å². The van der Waals surface area contributed by atoms with E-state index in [1.807, 2.05) is 0 Å². The van der Waals surface area contributed by atoms with Gasteiger partial charge in [-0.15, -0.1) is 0 Å². The zero-order valence-electron chi connectivity index (χ0n) is 11.1. The number of β-lactam (4-membered cyclic amide) rings is 1. The van der Waals surface area contributed by atoms with E-state index in [1.165, 1.54) is 11.8 Å². The number of amides is 1. The number of aliphatic hydroxyl groups excluding tert-OH is 1. The predicted molar refractivity (Wildman–Crippen MR) is 66.0 cm³/mol. The summed E-state index contributed by atoms with van der Waals surface area (Å²) < 4.78 is 5.27. The van der Waals surface area contributed by atoms with Crippen LogP contribution in [0.4, 0.5) is 0 Å². The highest BCUT2D eigenvalue weighted by molar-refractivity contribution is 5.99. The molecule has 0 aromatic rings. The molecule has 2 heterocycles. The normalized spacial score (nSPS) is 26.6. The number of carbonyl (C=O) groups is 2. The van der Waals surface area contributed by atoms with Gasteiger partial charge in [0.2, 0.25) is 5.91 Å². The molecule has 3 atom stereocenters. The molecule has 8 nitrogen and oxygen atoms in total. The molecule has 0 bridgehead atoms. The molecule has 2 aliphatic heterocycles. The molecule has 0 spiro atoms. The SMILES string of the molecule is CC(O)C1C(=O)N2C(C(=O)O)=C(COCCON)CC12. The van der Waals surface area contributed by atoms with E-state index in [1.54, 1.807) is 0 Å². The molecule has 2 rings (SSSR count). The van der Waals surface area contributed by atoms with Gasteiger partial charge in [0.15, 0.2) is 0 Å². The fourth-order valence-corrected chi connectivity index (χ4v) is 2.79. The van der Waals surface area contributed by atoms with Crippen LogP contribution in [0.25, 0.3) is 0 Å². The average molecular weight is 286 g/mol. The number of nitrogens with zero attached hydrogens (tertiary/aromatic N) is 1. The topological polar surface area (TPSA) is 122 Å². The third-order valence-electron chi connectivity index (χ3n) is 3.64. The first-order valence-corrected chi connectivity index (χ1v) is 6.35. The summed E-state index contributed by atoms with van der Waals surface area (Å²) in [6, 6.07) is -0.280. The Labute approximate surface area is 115 Å². The van der Waals surface area contributed by atoms with Gasteiger partial charge < -0.3 is 24.7 Å². The first-order chi connectivity index (χ1) is 9.49. The number of nitrogens with two attached hydrogens (primary N) is 1. The molecule has 1 fully saturated rings. The molecule has 4 N–H and O–H groups in total. The first kappa shape index (κ1) is 14.9. The lowest BCUT2D eigenvalue weighted by Gasteiger charge is -2.44. The van der Waals surface area contributed by atoms with E-state index in [4.69, 9.17) is 10.6 Å². The van der Waals surface area contributed by atoms with Crippen LogP contribution in [-0.4, -0.2) is 59.0 Å². The third kappa shape index (κ3) is 2.42. The van der Waals surface area contributed by atoms with Gasteiger partial charge in [-0.1, -0.05) is 0 Å². The van der Waals surface area contributed by atoms with Crippen LogP contribution in [0.15, 0.2) is 11.3 Å². The highest BCUT2D eigenvalue weighted by Crippen LogP contribution is 2.43. The van der Waals surface area contributed by atoms with E-state index >= 15 is 0 Å². The highest BCUT2D eigenvalue weighted by atomic mass is 16.6. The summed E-state index contributed by atoms with van der Waals surface area (Å²) in [6.45, 7) is 2.09. The lowest BCUT2D eigenvalue weighted by molar-refractivity contribution is -0.161. The second-order valence-electron chi connectivity index (χ2n) is 4.93. The highest BCUT2D eigenvalue weighted by Gasteiger charge is 2.56. The molecule has 0 aromatic heterocycles. The van der Waals surface area contributed by atoms with Crippen molar-refractivity contribution in [2.45, 2.75) is 25.5 Å². The van der Waals surface area contributed by atoms with Gasteiger partial charge in [-0.05, 0) is 18.9 Å². The Morgan fingerprint density at radius 1 is 1.55 bits per heavy atom. The maximum absolute atomic E-state index is 11.9. The van der Waals surface area contributed by atoms with Crippen molar-refractivity contribution in [1.82, 2.24) is 4.90 Å². The van der Waals surface area contributed by atoms with E-state index in [-0.39, 0.29) is 37.5 Å². The third-order valence-corrected chi connectivity index (χ3v) is 3.64. The molecule has 112 valence electrons. The summed E-state index contributed by atoms with van der Waals surface area (Å²) in [5.74, 6) is 2.82. The number of hydrogen-bond acceptors (Lipinski definition) is 6. The van der Waals surface area contributed by atoms with Crippen LogP contribution in [0.2, 0.25) is 0 Å². The number of carbonyl (C=O) groups excluding carboxylic acids is 1. The van der Waals surface area contributed by atoms with Gasteiger partial charge in [0.05, 0.1) is 37.9 Å². The zero-order valence-corrected chi connectivity index (χ0v) is 11.1. The molecule has 0 aromatic carbocycles. The van der Waals surface area contributed by atoms with Crippen molar-refractivity contribution in [3.63, 3.8) is 0 Å². The smallest absolute Gasteiger partial charge is 0.352 e. The monoisotopic (exact) mass is 286 g/mol. The molecular weight excluding hydrogens is 268 g/mol. The molecule has 0 radical (unpaired) electrons. The van der Waals surface area contributed by atoms with E-state index < -0.39 is 18.0 Å². The fraction of sp³-hybridized carbons (Fsp3) is 0.667. The molecular formula is C12H18N2O6. The summed E-state index contributed by atoms with van der Waals surface area (Å²) >= 11 is 0. The van der Waals surface area contributed by atoms with Crippen LogP contribution >= 0.6 is 0 Å². The Hall–Kier alpha value is -1.48. The number of fused-ring (bicyclic) bond motifs is 1. The number of rotatable bonds is 7. The maximum atomic E-state index is 11.9. The van der Waals surface area contributed by atoms with Crippen molar-refractivity contribution in [3.05, 3.63) is 11.3 Å². The van der Waals surface area contributed by atoms with Crippen molar-refractivity contribution in [1.29, 1.82) is 0 Å². The Morgan fingerprint density at radius 2 is 2.25 bits per heavy atom. The van der Waals surface area contributed by atoms with Crippen molar-refractivity contribution >= 4 is 11.9 Å². The fourth-order valence-electron chi connectivity index (χ4n) is 2.79. The Kier molecular flexibility index (Phi) is 4.39. The number of carboxylic acids is 1. The van der Waals surface area contributed by atoms with E-state index in [2.05, 4.69) is 4.84 Å². The molecule has 20 heavy (non-hydrogen) atoms. The standard InChI is InChI=1S/C12H18N2O6/c1-6(15)9-8-4-7(5-19-2-3-20-13)10(12(17)18)14(8)11(9)16/h6,8-9,15H,2-5,13H2,1H3,(H,17,18). The van der Waals surface area contributed by atoms with Crippen molar-refractivity contribution in [2.24, 2.45) is 11.8 Å². The minimum atomic E-state index is -1.15. The molecule has 2 aliphatic rings. The molecule has 0 saturated carbocycles. The molecule has 1 amide bonds. The predicted octanol–water partition coefficient (Wildman–Crippen LogP) is -1.16. The van der Waals surface area contributed by atoms with Gasteiger partial charge in [-0.3, -0.25) is 4.79 Å². The van der Waals surface area contributed by atoms with Gasteiger partial charge in [-0.25, -0.2) is 10.7 Å². The summed E-state index contributed by atoms with van der Waals surface area (Å²) in [5, 5.41) is 18.8. The Morgan fingerprint density at radius 3 is 2.80 bits per heavy atom. The zero-order chi connectivity index (χ0) is 14.9. The van der Waals surface area contributed by atoms with Gasteiger partial charge >= 0.3 is 5.97 Å². The average Bonchev–Trinajstić information content (AvgIpc) is 2.69. The summed E-state index contributed by atoms with van der Waals surface area (Å²) in [7, 11) is 0. The second kappa shape index (κ2) is 5.88. The van der Waals surface area contributed by atoms with Gasteiger partial charge in [0.1, 0.15) is 5.70 Å². The van der Waals surface area contributed by atoms with Gasteiger partial charge in [0.25, 0.3) is 0 Å². The molecule has 8 heteroatoms. The second-order valence-corrected chi connectivity index (χ2v) is 4.93. The summed E-state index contributed by atoms with van der Waals surface area (Å²) in [6.07, 6.45) is -0.378. The maximum Gasteiger partial charge on any atom is 0.352 e. The minimum Gasteiger partial charge on any atom is -0.477 e. The molecule has 3 unspecified atom stereocenters. The molecule has 1 saturated heterocycles. The van der Waals surface area contributed by atoms with Crippen LogP contribution in [0, 0.1) is 5.92 Å². The number of carboxylic acid groups (broad SMARTS) is 1. The lowest BCUT2D eigenvalue weighted by atomic mass is 9.83. The first-order valence-electron chi connectivity index (χ1n) is 6.35. The number of ether oxygens (including phenoxy) is 1.